The molecule has 0 heterocycles. The Balaban J connectivity index is 2.69. The molecule has 0 aliphatic carbocycles. The van der Waals surface area contributed by atoms with Crippen molar-refractivity contribution >= 4 is 5.69 Å². The average molecular weight is 196 g/mol. The van der Waals surface area contributed by atoms with Crippen molar-refractivity contribution in [3.05, 3.63) is 29.6 Å². The Kier molecular flexibility index (Phi) is 3.89. The Labute approximate surface area is 84.3 Å². The maximum atomic E-state index is 13.4. The predicted molar refractivity (Wildman–Crippen MR) is 57.6 cm³/mol. The van der Waals surface area contributed by atoms with Crippen molar-refractivity contribution in [2.75, 3.05) is 11.9 Å². The molecule has 0 atom stereocenters. The van der Waals surface area contributed by atoms with Gasteiger partial charge in [0.15, 0.2) is 0 Å². The van der Waals surface area contributed by atoms with Crippen LogP contribution in [0, 0.1) is 11.7 Å². The molecular formula is C11H17FN2. The van der Waals surface area contributed by atoms with Gasteiger partial charge < -0.3 is 11.1 Å². The minimum Gasteiger partial charge on any atom is -0.382 e. The maximum Gasteiger partial charge on any atom is 0.146 e. The lowest BCUT2D eigenvalue weighted by atomic mass is 10.2. The second-order valence-electron chi connectivity index (χ2n) is 3.79. The Morgan fingerprint density at radius 2 is 2.14 bits per heavy atom. The van der Waals surface area contributed by atoms with E-state index in [0.29, 0.717) is 18.2 Å². The summed E-state index contributed by atoms with van der Waals surface area (Å²) < 4.78 is 13.4. The van der Waals surface area contributed by atoms with Crippen molar-refractivity contribution in [2.45, 2.75) is 20.4 Å². The van der Waals surface area contributed by atoms with Crippen LogP contribution in [0.2, 0.25) is 0 Å². The van der Waals surface area contributed by atoms with Gasteiger partial charge in [-0.05, 0) is 23.6 Å². The molecule has 14 heavy (non-hydrogen) atoms. The molecule has 3 N–H and O–H groups in total. The van der Waals surface area contributed by atoms with Gasteiger partial charge in [-0.1, -0.05) is 19.9 Å². The van der Waals surface area contributed by atoms with Crippen LogP contribution in [0.3, 0.4) is 0 Å². The number of hydrogen-bond donors (Lipinski definition) is 2. The maximum absolute atomic E-state index is 13.4. The topological polar surface area (TPSA) is 38.0 Å². The molecule has 1 rings (SSSR count). The second-order valence-corrected chi connectivity index (χ2v) is 3.79. The zero-order chi connectivity index (χ0) is 10.6. The van der Waals surface area contributed by atoms with Crippen molar-refractivity contribution in [1.29, 1.82) is 0 Å². The van der Waals surface area contributed by atoms with Gasteiger partial charge >= 0.3 is 0 Å². The second kappa shape index (κ2) is 4.96. The third kappa shape index (κ3) is 3.00. The van der Waals surface area contributed by atoms with Gasteiger partial charge in [0, 0.05) is 13.1 Å². The molecule has 0 aliphatic heterocycles. The number of halogens is 1. The minimum absolute atomic E-state index is 0.228. The molecule has 0 saturated heterocycles. The molecule has 0 amide bonds. The molecule has 0 aliphatic rings. The molecule has 1 aromatic carbocycles. The molecule has 0 radical (unpaired) electrons. The van der Waals surface area contributed by atoms with E-state index in [9.17, 15) is 4.39 Å². The van der Waals surface area contributed by atoms with Gasteiger partial charge in [0.2, 0.25) is 0 Å². The summed E-state index contributed by atoms with van der Waals surface area (Å²) in [5.41, 5.74) is 6.77. The monoisotopic (exact) mass is 196 g/mol. The number of nitrogens with one attached hydrogen (secondary N) is 1. The number of anilines is 1. The highest BCUT2D eigenvalue weighted by Gasteiger charge is 2.02. The summed E-state index contributed by atoms with van der Waals surface area (Å²) in [6.45, 7) is 5.32. The predicted octanol–water partition coefficient (Wildman–Crippen LogP) is 2.35. The van der Waals surface area contributed by atoms with Crippen LogP contribution in [0.15, 0.2) is 18.2 Å². The van der Waals surface area contributed by atoms with Crippen LogP contribution in [-0.4, -0.2) is 6.54 Å². The van der Waals surface area contributed by atoms with E-state index in [1.807, 2.05) is 6.07 Å². The molecule has 1 aromatic rings. The Bertz CT molecular complexity index is 297. The highest BCUT2D eigenvalue weighted by molar-refractivity contribution is 5.46. The zero-order valence-corrected chi connectivity index (χ0v) is 8.68. The summed E-state index contributed by atoms with van der Waals surface area (Å²) in [5, 5.41) is 3.05. The van der Waals surface area contributed by atoms with Gasteiger partial charge in [-0.15, -0.1) is 0 Å². The van der Waals surface area contributed by atoms with Gasteiger partial charge in [-0.25, -0.2) is 4.39 Å². The lowest BCUT2D eigenvalue weighted by Crippen LogP contribution is -2.09. The first-order valence-electron chi connectivity index (χ1n) is 4.86. The van der Waals surface area contributed by atoms with Gasteiger partial charge in [0.25, 0.3) is 0 Å². The summed E-state index contributed by atoms with van der Waals surface area (Å²) in [6.07, 6.45) is 0. The first-order chi connectivity index (χ1) is 6.63. The Morgan fingerprint density at radius 1 is 1.43 bits per heavy atom. The van der Waals surface area contributed by atoms with Crippen molar-refractivity contribution in [2.24, 2.45) is 11.7 Å². The highest BCUT2D eigenvalue weighted by atomic mass is 19.1. The lowest BCUT2D eigenvalue weighted by Gasteiger charge is -2.10. The average Bonchev–Trinajstić information content (AvgIpc) is 2.15. The van der Waals surface area contributed by atoms with E-state index in [1.54, 1.807) is 6.07 Å². The first kappa shape index (κ1) is 11.0. The summed E-state index contributed by atoms with van der Waals surface area (Å²) >= 11 is 0. The number of nitrogens with two attached hydrogens (primary N) is 1. The lowest BCUT2D eigenvalue weighted by molar-refractivity contribution is 0.622. The van der Waals surface area contributed by atoms with E-state index in [0.717, 1.165) is 12.1 Å². The Hall–Kier alpha value is -1.09. The largest absolute Gasteiger partial charge is 0.382 e. The zero-order valence-electron chi connectivity index (χ0n) is 8.68. The molecule has 2 nitrogen and oxygen atoms in total. The SMILES string of the molecule is CC(C)CNc1ccc(CN)cc1F. The molecule has 78 valence electrons. The van der Waals surface area contributed by atoms with E-state index in [1.165, 1.54) is 6.07 Å². The molecule has 0 aromatic heterocycles. The minimum atomic E-state index is -0.228. The van der Waals surface area contributed by atoms with E-state index >= 15 is 0 Å². The first-order valence-corrected chi connectivity index (χ1v) is 4.86. The standard InChI is InChI=1S/C11H17FN2/c1-8(2)7-14-11-4-3-9(6-13)5-10(11)12/h3-5,8,14H,6-7,13H2,1-2H3. The van der Waals surface area contributed by atoms with Gasteiger partial charge in [-0.2, -0.15) is 0 Å². The molecular weight excluding hydrogens is 179 g/mol. The van der Waals surface area contributed by atoms with Crippen LogP contribution in [0.4, 0.5) is 10.1 Å². The highest BCUT2D eigenvalue weighted by Crippen LogP contribution is 2.15. The quantitative estimate of drug-likeness (QED) is 0.775. The van der Waals surface area contributed by atoms with E-state index in [2.05, 4.69) is 19.2 Å². The fourth-order valence-electron chi connectivity index (χ4n) is 1.14. The van der Waals surface area contributed by atoms with E-state index < -0.39 is 0 Å². The third-order valence-corrected chi connectivity index (χ3v) is 1.97. The number of benzene rings is 1. The van der Waals surface area contributed by atoms with Crippen molar-refractivity contribution in [3.8, 4) is 0 Å². The number of rotatable bonds is 4. The fraction of sp³-hybridized carbons (Fsp3) is 0.455. The van der Waals surface area contributed by atoms with E-state index in [4.69, 9.17) is 5.73 Å². The van der Waals surface area contributed by atoms with Crippen molar-refractivity contribution in [1.82, 2.24) is 0 Å². The van der Waals surface area contributed by atoms with Crippen LogP contribution < -0.4 is 11.1 Å². The van der Waals surface area contributed by atoms with Crippen molar-refractivity contribution < 1.29 is 4.39 Å². The van der Waals surface area contributed by atoms with Crippen LogP contribution in [0.25, 0.3) is 0 Å². The molecule has 0 saturated carbocycles. The van der Waals surface area contributed by atoms with Gasteiger partial charge in [-0.3, -0.25) is 0 Å². The Morgan fingerprint density at radius 3 is 2.64 bits per heavy atom. The van der Waals surface area contributed by atoms with Crippen LogP contribution in [0.1, 0.15) is 19.4 Å². The van der Waals surface area contributed by atoms with Crippen molar-refractivity contribution in [3.63, 3.8) is 0 Å². The van der Waals surface area contributed by atoms with Crippen LogP contribution >= 0.6 is 0 Å². The summed E-state index contributed by atoms with van der Waals surface area (Å²) in [4.78, 5) is 0. The van der Waals surface area contributed by atoms with Gasteiger partial charge in [0.1, 0.15) is 5.82 Å². The summed E-state index contributed by atoms with van der Waals surface area (Å²) in [6, 6.07) is 5.05. The van der Waals surface area contributed by atoms with Gasteiger partial charge in [0.05, 0.1) is 5.69 Å². The molecule has 0 spiro atoms. The van der Waals surface area contributed by atoms with E-state index in [-0.39, 0.29) is 5.82 Å². The number of hydrogen-bond acceptors (Lipinski definition) is 2. The van der Waals surface area contributed by atoms with Crippen LogP contribution in [-0.2, 0) is 6.54 Å². The van der Waals surface area contributed by atoms with Crippen LogP contribution in [0.5, 0.6) is 0 Å². The molecule has 3 heteroatoms. The summed E-state index contributed by atoms with van der Waals surface area (Å²) in [5.74, 6) is 0.275. The molecule has 0 unspecified atom stereocenters. The fourth-order valence-corrected chi connectivity index (χ4v) is 1.14. The molecule has 0 bridgehead atoms. The summed E-state index contributed by atoms with van der Waals surface area (Å²) in [7, 11) is 0. The smallest absolute Gasteiger partial charge is 0.146 e. The third-order valence-electron chi connectivity index (χ3n) is 1.97. The normalized spacial score (nSPS) is 10.6. The molecule has 0 fully saturated rings.